The summed E-state index contributed by atoms with van der Waals surface area (Å²) >= 11 is 0. The molecule has 148 valence electrons. The van der Waals surface area contributed by atoms with Crippen LogP contribution in [0.5, 0.6) is 0 Å². The third-order valence-corrected chi connectivity index (χ3v) is 9.16. The zero-order valence-corrected chi connectivity index (χ0v) is 16.0. The molecule has 0 spiro atoms. The van der Waals surface area contributed by atoms with Crippen LogP contribution in [0.2, 0.25) is 0 Å². The van der Waals surface area contributed by atoms with Gasteiger partial charge in [-0.3, -0.25) is 9.59 Å². The topological polar surface area (TPSA) is 74.6 Å². The van der Waals surface area contributed by atoms with Gasteiger partial charge in [0.1, 0.15) is 12.8 Å². The van der Waals surface area contributed by atoms with Crippen molar-refractivity contribution in [3.8, 4) is 0 Å². The first-order valence-electron chi connectivity index (χ1n) is 10.4. The molecule has 2 N–H and O–H groups in total. The largest absolute Gasteiger partial charge is 0.393 e. The van der Waals surface area contributed by atoms with E-state index in [9.17, 15) is 19.8 Å². The van der Waals surface area contributed by atoms with E-state index in [1.807, 2.05) is 6.92 Å². The first kappa shape index (κ1) is 18.0. The zero-order valence-electron chi connectivity index (χ0n) is 16.0. The van der Waals surface area contributed by atoms with Gasteiger partial charge in [0.05, 0.1) is 6.10 Å². The molecule has 0 saturated heterocycles. The molecule has 5 rings (SSSR count). The van der Waals surface area contributed by atoms with Crippen LogP contribution in [-0.4, -0.2) is 40.7 Å². The fourth-order valence-electron chi connectivity index (χ4n) is 8.38. The molecule has 0 heterocycles. The van der Waals surface area contributed by atoms with E-state index in [0.717, 1.165) is 6.42 Å². The van der Waals surface area contributed by atoms with E-state index < -0.39 is 24.3 Å². The third kappa shape index (κ3) is 2.16. The molecular weight excluding hydrogens is 347 g/mol. The Bertz CT molecular complexity index is 747. The highest BCUT2D eigenvalue weighted by Gasteiger charge is 2.73. The second-order valence-corrected chi connectivity index (χ2v) is 10.3. The van der Waals surface area contributed by atoms with Gasteiger partial charge in [0.2, 0.25) is 0 Å². The van der Waals surface area contributed by atoms with E-state index in [1.54, 1.807) is 0 Å². The summed E-state index contributed by atoms with van der Waals surface area (Å²) in [5, 5.41) is 20.7. The molecule has 4 fully saturated rings. The van der Waals surface area contributed by atoms with E-state index in [4.69, 9.17) is 0 Å². The standard InChI is InChI=1S/C22H29FO4/c1-21-4-3-10(25)5-14(21)15(23)7-13-18-11-6-12(11)19(17(27)9-24)22(18,2)8-16(26)20(13)21/h5,11-13,15-16,18-20,24,26H,3-4,6-9H2,1-2H3/t11-,12+,13-,15-,16-,18-,19+,20+,21-,22-/m0/s1. The van der Waals surface area contributed by atoms with Crippen molar-refractivity contribution in [2.45, 2.75) is 58.2 Å². The predicted octanol–water partition coefficient (Wildman–Crippen LogP) is 2.47. The van der Waals surface area contributed by atoms with Crippen molar-refractivity contribution in [1.29, 1.82) is 0 Å². The number of ketones is 2. The second kappa shape index (κ2) is 5.50. The zero-order chi connectivity index (χ0) is 19.3. The molecule has 5 aliphatic carbocycles. The van der Waals surface area contributed by atoms with Crippen molar-refractivity contribution in [2.24, 2.45) is 46.3 Å². The molecule has 5 aliphatic rings. The molecule has 10 atom stereocenters. The van der Waals surface area contributed by atoms with Crippen LogP contribution in [0.3, 0.4) is 0 Å². The number of Topliss-reactive ketones (excluding diaryl/α,β-unsaturated/α-hetero) is 1. The van der Waals surface area contributed by atoms with Gasteiger partial charge in [0, 0.05) is 12.3 Å². The number of carbonyl (C=O) groups is 2. The molecule has 0 aromatic heterocycles. The minimum absolute atomic E-state index is 0.00422. The molecule has 4 saturated carbocycles. The number of aliphatic hydroxyl groups excluding tert-OH is 2. The number of alkyl halides is 1. The lowest BCUT2D eigenvalue weighted by Gasteiger charge is -2.61. The number of hydrogen-bond donors (Lipinski definition) is 2. The van der Waals surface area contributed by atoms with Gasteiger partial charge >= 0.3 is 0 Å². The summed E-state index contributed by atoms with van der Waals surface area (Å²) in [4.78, 5) is 24.4. The Balaban J connectivity index is 1.58. The minimum atomic E-state index is -1.14. The van der Waals surface area contributed by atoms with Gasteiger partial charge < -0.3 is 10.2 Å². The molecule has 0 amide bonds. The lowest BCUT2D eigenvalue weighted by atomic mass is 9.44. The van der Waals surface area contributed by atoms with Crippen molar-refractivity contribution in [3.63, 3.8) is 0 Å². The molecule has 27 heavy (non-hydrogen) atoms. The summed E-state index contributed by atoms with van der Waals surface area (Å²) in [6.07, 6.45) is 2.67. The van der Waals surface area contributed by atoms with Gasteiger partial charge in [0.15, 0.2) is 11.6 Å². The highest BCUT2D eigenvalue weighted by Crippen LogP contribution is 2.75. The van der Waals surface area contributed by atoms with Crippen LogP contribution in [0.4, 0.5) is 4.39 Å². The molecule has 0 unspecified atom stereocenters. The highest BCUT2D eigenvalue weighted by atomic mass is 19.1. The van der Waals surface area contributed by atoms with E-state index in [0.29, 0.717) is 43.1 Å². The van der Waals surface area contributed by atoms with Crippen LogP contribution >= 0.6 is 0 Å². The Kier molecular flexibility index (Phi) is 3.67. The molecule has 0 aromatic rings. The number of halogens is 1. The van der Waals surface area contributed by atoms with Crippen LogP contribution in [-0.2, 0) is 9.59 Å². The summed E-state index contributed by atoms with van der Waals surface area (Å²) < 4.78 is 15.3. The third-order valence-electron chi connectivity index (χ3n) is 9.16. The number of allylic oxidation sites excluding steroid dienone is 1. The average Bonchev–Trinajstić information content (AvgIpc) is 3.29. The average molecular weight is 376 g/mol. The van der Waals surface area contributed by atoms with E-state index >= 15 is 4.39 Å². The maximum absolute atomic E-state index is 15.3. The van der Waals surface area contributed by atoms with Crippen molar-refractivity contribution >= 4 is 11.6 Å². The number of aliphatic hydroxyl groups is 2. The smallest absolute Gasteiger partial charge is 0.162 e. The van der Waals surface area contributed by atoms with Gasteiger partial charge in [-0.25, -0.2) is 4.39 Å². The molecule has 0 radical (unpaired) electrons. The van der Waals surface area contributed by atoms with E-state index in [1.165, 1.54) is 6.08 Å². The normalized spacial score (nSPS) is 55.7. The summed E-state index contributed by atoms with van der Waals surface area (Å²) in [5.74, 6) is 0.607. The fourth-order valence-corrected chi connectivity index (χ4v) is 8.38. The van der Waals surface area contributed by atoms with E-state index in [2.05, 4.69) is 6.92 Å². The summed E-state index contributed by atoms with van der Waals surface area (Å²) in [6.45, 7) is 3.68. The van der Waals surface area contributed by atoms with Gasteiger partial charge in [-0.05, 0) is 77.8 Å². The molecular formula is C22H29FO4. The Hall–Kier alpha value is -1.07. The SMILES string of the molecule is C[C@]12C[C@H](O)[C@H]3[C@@H](C[C@H](F)C4=CC(=O)CC[C@@]43C)[C@@H]1[C@H]1C[C@H]1[C@@H]2C(=O)CO. The molecule has 4 nitrogen and oxygen atoms in total. The van der Waals surface area contributed by atoms with Crippen molar-refractivity contribution < 1.29 is 24.2 Å². The van der Waals surface area contributed by atoms with Crippen molar-refractivity contribution in [1.82, 2.24) is 0 Å². The predicted molar refractivity (Wildman–Crippen MR) is 96.3 cm³/mol. The monoisotopic (exact) mass is 376 g/mol. The summed E-state index contributed by atoms with van der Waals surface area (Å²) in [5.41, 5.74) is -0.230. The number of fused-ring (bicyclic) bond motifs is 7. The lowest BCUT2D eigenvalue weighted by molar-refractivity contribution is -0.157. The molecule has 0 bridgehead atoms. The Labute approximate surface area is 159 Å². The quantitative estimate of drug-likeness (QED) is 0.776. The highest BCUT2D eigenvalue weighted by molar-refractivity contribution is 5.92. The van der Waals surface area contributed by atoms with Crippen molar-refractivity contribution in [2.75, 3.05) is 6.61 Å². The van der Waals surface area contributed by atoms with Gasteiger partial charge in [-0.15, -0.1) is 0 Å². The van der Waals surface area contributed by atoms with Crippen LogP contribution < -0.4 is 0 Å². The summed E-state index contributed by atoms with van der Waals surface area (Å²) in [7, 11) is 0. The van der Waals surface area contributed by atoms with E-state index in [-0.39, 0.29) is 40.7 Å². The first-order valence-corrected chi connectivity index (χ1v) is 10.4. The first-order chi connectivity index (χ1) is 12.7. The lowest BCUT2D eigenvalue weighted by Crippen LogP contribution is -2.60. The summed E-state index contributed by atoms with van der Waals surface area (Å²) in [6, 6.07) is 0. The number of rotatable bonds is 2. The van der Waals surface area contributed by atoms with Crippen LogP contribution in [0, 0.1) is 46.3 Å². The maximum Gasteiger partial charge on any atom is 0.162 e. The molecule has 0 aromatic carbocycles. The maximum atomic E-state index is 15.3. The fraction of sp³-hybridized carbons (Fsp3) is 0.818. The molecule has 5 heteroatoms. The van der Waals surface area contributed by atoms with Crippen LogP contribution in [0.1, 0.15) is 46.0 Å². The Morgan fingerprint density at radius 2 is 1.96 bits per heavy atom. The van der Waals surface area contributed by atoms with Crippen molar-refractivity contribution in [3.05, 3.63) is 11.6 Å². The Morgan fingerprint density at radius 1 is 1.22 bits per heavy atom. The van der Waals surface area contributed by atoms with Crippen LogP contribution in [0.25, 0.3) is 0 Å². The number of carbonyl (C=O) groups excluding carboxylic acids is 2. The van der Waals surface area contributed by atoms with Gasteiger partial charge in [-0.1, -0.05) is 13.8 Å². The molecule has 0 aliphatic heterocycles. The minimum Gasteiger partial charge on any atom is -0.393 e. The number of hydrogen-bond acceptors (Lipinski definition) is 4. The van der Waals surface area contributed by atoms with Gasteiger partial charge in [-0.2, -0.15) is 0 Å². The van der Waals surface area contributed by atoms with Gasteiger partial charge in [0.25, 0.3) is 0 Å². The second-order valence-electron chi connectivity index (χ2n) is 10.3. The Morgan fingerprint density at radius 3 is 2.67 bits per heavy atom. The van der Waals surface area contributed by atoms with Crippen LogP contribution in [0.15, 0.2) is 11.6 Å².